The summed E-state index contributed by atoms with van der Waals surface area (Å²) in [5.74, 6) is -0.519. The molecule has 106 valence electrons. The molecule has 6 heteroatoms. The minimum Gasteiger partial charge on any atom is -0.475 e. The lowest BCUT2D eigenvalue weighted by molar-refractivity contribution is -0.151. The van der Waals surface area contributed by atoms with E-state index in [1.54, 1.807) is 6.07 Å². The first-order chi connectivity index (χ1) is 8.89. The number of aliphatic hydroxyl groups is 1. The first-order valence-electron chi connectivity index (χ1n) is 6.23. The highest BCUT2D eigenvalue weighted by atomic mass is 16.5. The van der Waals surface area contributed by atoms with Gasteiger partial charge in [-0.3, -0.25) is 4.90 Å². The van der Waals surface area contributed by atoms with Crippen molar-refractivity contribution in [1.29, 1.82) is 0 Å². The largest absolute Gasteiger partial charge is 0.475 e. The van der Waals surface area contributed by atoms with Crippen LogP contribution in [0.3, 0.4) is 0 Å². The molecule has 0 spiro atoms. The molecule has 0 radical (unpaired) electrons. The van der Waals surface area contributed by atoms with E-state index in [-0.39, 0.29) is 24.1 Å². The van der Waals surface area contributed by atoms with E-state index < -0.39 is 5.97 Å². The second-order valence-corrected chi connectivity index (χ2v) is 5.42. The molecule has 1 fully saturated rings. The third-order valence-electron chi connectivity index (χ3n) is 3.01. The van der Waals surface area contributed by atoms with Crippen molar-refractivity contribution in [2.45, 2.75) is 32.1 Å². The van der Waals surface area contributed by atoms with Crippen LogP contribution in [-0.4, -0.2) is 52.5 Å². The van der Waals surface area contributed by atoms with E-state index >= 15 is 0 Å². The lowest BCUT2D eigenvalue weighted by Crippen LogP contribution is -2.53. The molecule has 2 N–H and O–H groups in total. The van der Waals surface area contributed by atoms with Crippen LogP contribution >= 0.6 is 0 Å². The van der Waals surface area contributed by atoms with Crippen molar-refractivity contribution in [2.24, 2.45) is 0 Å². The van der Waals surface area contributed by atoms with Gasteiger partial charge in [0.05, 0.1) is 24.9 Å². The molecule has 1 aromatic heterocycles. The quantitative estimate of drug-likeness (QED) is 0.846. The Bertz CT molecular complexity index is 454. The molecule has 0 amide bonds. The van der Waals surface area contributed by atoms with Gasteiger partial charge in [-0.1, -0.05) is 0 Å². The Balaban J connectivity index is 2.02. The Hall–Kier alpha value is -1.37. The summed E-state index contributed by atoms with van der Waals surface area (Å²) in [6.45, 7) is 5.71. The lowest BCUT2D eigenvalue weighted by atomic mass is 10.1. The van der Waals surface area contributed by atoms with Gasteiger partial charge in [-0.25, -0.2) is 4.79 Å². The molecular weight excluding hydrogens is 250 g/mol. The van der Waals surface area contributed by atoms with Gasteiger partial charge in [-0.2, -0.15) is 0 Å². The van der Waals surface area contributed by atoms with Crippen LogP contribution in [0.2, 0.25) is 0 Å². The first kappa shape index (κ1) is 14.0. The summed E-state index contributed by atoms with van der Waals surface area (Å²) in [6, 6.07) is 3.12. The SMILES string of the molecule is CC1(C)CN(Cc2ccc(C(=O)O)o2)CC(CO)O1. The zero-order chi connectivity index (χ0) is 14.0. The summed E-state index contributed by atoms with van der Waals surface area (Å²) in [7, 11) is 0. The highest BCUT2D eigenvalue weighted by Gasteiger charge is 2.33. The number of morpholine rings is 1. The van der Waals surface area contributed by atoms with Gasteiger partial charge in [-0.05, 0) is 26.0 Å². The average Bonchev–Trinajstić information content (AvgIpc) is 2.75. The van der Waals surface area contributed by atoms with Crippen LogP contribution in [0, 0.1) is 0 Å². The van der Waals surface area contributed by atoms with Crippen molar-refractivity contribution < 1.29 is 24.2 Å². The first-order valence-corrected chi connectivity index (χ1v) is 6.23. The summed E-state index contributed by atoms with van der Waals surface area (Å²) in [4.78, 5) is 12.8. The normalized spacial score (nSPS) is 23.4. The highest BCUT2D eigenvalue weighted by Crippen LogP contribution is 2.22. The second-order valence-electron chi connectivity index (χ2n) is 5.42. The van der Waals surface area contributed by atoms with Crippen LogP contribution in [-0.2, 0) is 11.3 Å². The third-order valence-corrected chi connectivity index (χ3v) is 3.01. The molecule has 0 saturated carbocycles. The van der Waals surface area contributed by atoms with Crippen LogP contribution < -0.4 is 0 Å². The lowest BCUT2D eigenvalue weighted by Gasteiger charge is -2.42. The Labute approximate surface area is 111 Å². The molecule has 2 rings (SSSR count). The number of furan rings is 1. The number of aromatic carboxylic acids is 1. The maximum absolute atomic E-state index is 10.7. The summed E-state index contributed by atoms with van der Waals surface area (Å²) >= 11 is 0. The number of aliphatic hydroxyl groups excluding tert-OH is 1. The van der Waals surface area contributed by atoms with Crippen LogP contribution in [0.1, 0.15) is 30.2 Å². The van der Waals surface area contributed by atoms with E-state index in [2.05, 4.69) is 4.90 Å². The zero-order valence-electron chi connectivity index (χ0n) is 11.1. The number of hydrogen-bond donors (Lipinski definition) is 2. The molecule has 1 atom stereocenters. The molecule has 0 aromatic carbocycles. The van der Waals surface area contributed by atoms with Gasteiger partial charge in [0.25, 0.3) is 0 Å². The van der Waals surface area contributed by atoms with Gasteiger partial charge < -0.3 is 19.4 Å². The number of ether oxygens (including phenoxy) is 1. The van der Waals surface area contributed by atoms with E-state index in [4.69, 9.17) is 14.3 Å². The molecule has 1 aromatic rings. The number of rotatable bonds is 4. The van der Waals surface area contributed by atoms with Crippen molar-refractivity contribution >= 4 is 5.97 Å². The molecule has 1 unspecified atom stereocenters. The average molecular weight is 269 g/mol. The van der Waals surface area contributed by atoms with Gasteiger partial charge >= 0.3 is 5.97 Å². The number of carboxylic acid groups (broad SMARTS) is 1. The molecule has 19 heavy (non-hydrogen) atoms. The van der Waals surface area contributed by atoms with Crippen LogP contribution in [0.15, 0.2) is 16.5 Å². The predicted octanol–water partition coefficient (Wildman–Crippen LogP) is 0.950. The van der Waals surface area contributed by atoms with Crippen molar-refractivity contribution in [1.82, 2.24) is 4.90 Å². The van der Waals surface area contributed by atoms with E-state index in [0.717, 1.165) is 0 Å². The fraction of sp³-hybridized carbons (Fsp3) is 0.615. The van der Waals surface area contributed by atoms with Gasteiger partial charge in [0, 0.05) is 13.1 Å². The van der Waals surface area contributed by atoms with Crippen LogP contribution in [0.5, 0.6) is 0 Å². The van der Waals surface area contributed by atoms with Crippen LogP contribution in [0.25, 0.3) is 0 Å². The Morgan fingerprint density at radius 3 is 2.84 bits per heavy atom. The number of nitrogens with zero attached hydrogens (tertiary/aromatic N) is 1. The summed E-state index contributed by atoms with van der Waals surface area (Å²) in [5.41, 5.74) is -0.339. The molecule has 6 nitrogen and oxygen atoms in total. The summed E-state index contributed by atoms with van der Waals surface area (Å²) in [5, 5.41) is 18.0. The van der Waals surface area contributed by atoms with E-state index in [1.165, 1.54) is 6.07 Å². The fourth-order valence-electron chi connectivity index (χ4n) is 2.43. The standard InChI is InChI=1S/C13H19NO5/c1-13(2)8-14(6-10(7-15)19-13)5-9-3-4-11(18-9)12(16)17/h3-4,10,15H,5-8H2,1-2H3,(H,16,17). The smallest absolute Gasteiger partial charge is 0.371 e. The van der Waals surface area contributed by atoms with Gasteiger partial charge in [0.15, 0.2) is 0 Å². The van der Waals surface area contributed by atoms with E-state index in [9.17, 15) is 9.90 Å². The number of hydrogen-bond acceptors (Lipinski definition) is 5. The second kappa shape index (κ2) is 5.32. The van der Waals surface area contributed by atoms with Crippen molar-refractivity contribution in [3.05, 3.63) is 23.7 Å². The van der Waals surface area contributed by atoms with Crippen LogP contribution in [0.4, 0.5) is 0 Å². The summed E-state index contributed by atoms with van der Waals surface area (Å²) in [6.07, 6.45) is -0.224. The minimum atomic E-state index is -1.07. The maximum Gasteiger partial charge on any atom is 0.371 e. The predicted molar refractivity (Wildman–Crippen MR) is 67.0 cm³/mol. The number of carbonyl (C=O) groups is 1. The molecule has 0 aliphatic carbocycles. The minimum absolute atomic E-state index is 0.0293. The zero-order valence-corrected chi connectivity index (χ0v) is 11.1. The molecule has 2 heterocycles. The van der Waals surface area contributed by atoms with E-state index in [1.807, 2.05) is 13.8 Å². The number of carboxylic acids is 1. The molecule has 1 aliphatic heterocycles. The topological polar surface area (TPSA) is 83.1 Å². The Morgan fingerprint density at radius 1 is 1.53 bits per heavy atom. The Kier molecular flexibility index (Phi) is 3.93. The molecule has 1 saturated heterocycles. The molecular formula is C13H19NO5. The van der Waals surface area contributed by atoms with Crippen molar-refractivity contribution in [2.75, 3.05) is 19.7 Å². The van der Waals surface area contributed by atoms with Gasteiger partial charge in [-0.15, -0.1) is 0 Å². The van der Waals surface area contributed by atoms with Gasteiger partial charge in [0.1, 0.15) is 5.76 Å². The monoisotopic (exact) mass is 269 g/mol. The van der Waals surface area contributed by atoms with E-state index in [0.29, 0.717) is 25.4 Å². The fourth-order valence-corrected chi connectivity index (χ4v) is 2.43. The van der Waals surface area contributed by atoms with Gasteiger partial charge in [0.2, 0.25) is 5.76 Å². The Morgan fingerprint density at radius 2 is 2.26 bits per heavy atom. The maximum atomic E-state index is 10.7. The molecule has 0 bridgehead atoms. The van der Waals surface area contributed by atoms with Crippen molar-refractivity contribution in [3.8, 4) is 0 Å². The van der Waals surface area contributed by atoms with Crippen molar-refractivity contribution in [3.63, 3.8) is 0 Å². The molecule has 1 aliphatic rings. The summed E-state index contributed by atoms with van der Waals surface area (Å²) < 4.78 is 11.0. The third kappa shape index (κ3) is 3.56. The highest BCUT2D eigenvalue weighted by molar-refractivity contribution is 5.84.